The molecule has 2 atom stereocenters. The second kappa shape index (κ2) is 9.18. The van der Waals surface area contributed by atoms with Crippen molar-refractivity contribution in [1.82, 2.24) is 4.90 Å². The molecule has 1 aliphatic heterocycles. The zero-order valence-electron chi connectivity index (χ0n) is 17.8. The number of nitrogens with zero attached hydrogens (tertiary/aromatic N) is 2. The van der Waals surface area contributed by atoms with Gasteiger partial charge in [0.1, 0.15) is 5.75 Å². The van der Waals surface area contributed by atoms with E-state index in [1.165, 1.54) is 21.7 Å². The summed E-state index contributed by atoms with van der Waals surface area (Å²) < 4.78 is 30.5. The van der Waals surface area contributed by atoms with Crippen molar-refractivity contribution in [2.75, 3.05) is 43.8 Å². The number of ether oxygens (including phenoxy) is 1. The van der Waals surface area contributed by atoms with E-state index in [2.05, 4.69) is 43.0 Å². The van der Waals surface area contributed by atoms with Crippen molar-refractivity contribution < 1.29 is 13.2 Å². The van der Waals surface area contributed by atoms with Gasteiger partial charge in [-0.2, -0.15) is 0 Å². The number of likely N-dealkylation sites (tertiary alicyclic amines) is 1. The minimum atomic E-state index is -3.25. The van der Waals surface area contributed by atoms with Crippen molar-refractivity contribution >= 4 is 15.7 Å². The van der Waals surface area contributed by atoms with Gasteiger partial charge < -0.3 is 9.64 Å². The van der Waals surface area contributed by atoms with Gasteiger partial charge in [-0.05, 0) is 49.1 Å². The molecule has 6 heteroatoms. The molecule has 2 aromatic rings. The Labute approximate surface area is 175 Å². The van der Waals surface area contributed by atoms with E-state index in [1.54, 1.807) is 19.2 Å². The van der Waals surface area contributed by atoms with Crippen LogP contribution in [-0.2, 0) is 16.4 Å². The van der Waals surface area contributed by atoms with E-state index in [4.69, 9.17) is 4.74 Å². The maximum absolute atomic E-state index is 11.6. The molecule has 1 fully saturated rings. The second-order valence-electron chi connectivity index (χ2n) is 8.27. The summed E-state index contributed by atoms with van der Waals surface area (Å²) in [4.78, 5) is 2.53. The van der Waals surface area contributed by atoms with Crippen LogP contribution in [0.2, 0.25) is 0 Å². The van der Waals surface area contributed by atoms with Gasteiger partial charge >= 0.3 is 0 Å². The molecule has 0 amide bonds. The predicted molar refractivity (Wildman–Crippen MR) is 119 cm³/mol. The number of aryl methyl sites for hydroxylation is 1. The summed E-state index contributed by atoms with van der Waals surface area (Å²) in [5, 5.41) is 0. The maximum Gasteiger partial charge on any atom is 0.231 e. The fourth-order valence-electron chi connectivity index (χ4n) is 3.84. The summed E-state index contributed by atoms with van der Waals surface area (Å²) in [5.41, 5.74) is 3.35. The van der Waals surface area contributed by atoms with Gasteiger partial charge in [-0.1, -0.05) is 36.8 Å². The zero-order valence-corrected chi connectivity index (χ0v) is 18.7. The molecule has 5 nitrogen and oxygen atoms in total. The maximum atomic E-state index is 11.6. The summed E-state index contributed by atoms with van der Waals surface area (Å²) >= 11 is 0. The van der Waals surface area contributed by atoms with E-state index >= 15 is 0 Å². The van der Waals surface area contributed by atoms with Gasteiger partial charge in [0.25, 0.3) is 0 Å². The lowest BCUT2D eigenvalue weighted by atomic mass is 9.99. The molecule has 0 bridgehead atoms. The van der Waals surface area contributed by atoms with Crippen LogP contribution in [-0.4, -0.2) is 52.9 Å². The molecule has 0 N–H and O–H groups in total. The lowest BCUT2D eigenvalue weighted by Crippen LogP contribution is -2.25. The Morgan fingerprint density at radius 3 is 2.52 bits per heavy atom. The highest BCUT2D eigenvalue weighted by Gasteiger charge is 2.29. The molecular formula is C23H32N2O3S. The molecule has 29 heavy (non-hydrogen) atoms. The Morgan fingerprint density at radius 1 is 1.14 bits per heavy atom. The first kappa shape index (κ1) is 21.7. The number of hydrogen-bond donors (Lipinski definition) is 0. The average Bonchev–Trinajstić information content (AvgIpc) is 3.03. The molecule has 3 rings (SSSR count). The molecule has 0 saturated carbocycles. The fraction of sp³-hybridized carbons (Fsp3) is 0.478. The van der Waals surface area contributed by atoms with Crippen LogP contribution in [0.25, 0.3) is 0 Å². The number of anilines is 1. The lowest BCUT2D eigenvalue weighted by molar-refractivity contribution is 0.225. The Bertz CT molecular complexity index is 912. The second-order valence-corrected chi connectivity index (χ2v) is 10.3. The minimum Gasteiger partial charge on any atom is -0.493 e. The van der Waals surface area contributed by atoms with Crippen molar-refractivity contribution in [3.63, 3.8) is 0 Å². The Morgan fingerprint density at radius 2 is 1.86 bits per heavy atom. The molecule has 1 saturated heterocycles. The van der Waals surface area contributed by atoms with Gasteiger partial charge in [0.05, 0.1) is 18.6 Å². The third kappa shape index (κ3) is 5.97. The Balaban J connectivity index is 1.48. The monoisotopic (exact) mass is 416 g/mol. The molecule has 0 aliphatic carbocycles. The first-order valence-corrected chi connectivity index (χ1v) is 12.0. The smallest absolute Gasteiger partial charge is 0.231 e. The molecule has 0 unspecified atom stereocenters. The molecule has 0 spiro atoms. The van der Waals surface area contributed by atoms with Gasteiger partial charge in [-0.3, -0.25) is 4.31 Å². The Kier molecular flexibility index (Phi) is 6.85. The van der Waals surface area contributed by atoms with E-state index in [-0.39, 0.29) is 0 Å². The standard InChI is InChI=1S/C23H32N2O3S/c1-18-6-5-7-20(14-18)12-13-25-15-19(2)21(16-25)17-28-23-10-8-22(9-11-23)24(3)29(4,26)27/h5-11,14,19,21H,12-13,15-17H2,1-4H3/t19-,21+/m0/s1. The van der Waals surface area contributed by atoms with Crippen molar-refractivity contribution in [3.05, 3.63) is 59.7 Å². The quantitative estimate of drug-likeness (QED) is 0.660. The number of sulfonamides is 1. The van der Waals surface area contributed by atoms with Crippen LogP contribution in [0, 0.1) is 18.8 Å². The molecule has 0 radical (unpaired) electrons. The van der Waals surface area contributed by atoms with Crippen LogP contribution in [0.15, 0.2) is 48.5 Å². The third-order valence-electron chi connectivity index (χ3n) is 5.80. The molecule has 2 aromatic carbocycles. The summed E-state index contributed by atoms with van der Waals surface area (Å²) in [6.07, 6.45) is 2.28. The van der Waals surface area contributed by atoms with Crippen LogP contribution in [0.4, 0.5) is 5.69 Å². The lowest BCUT2D eigenvalue weighted by Gasteiger charge is -2.18. The summed E-state index contributed by atoms with van der Waals surface area (Å²) in [6, 6.07) is 16.0. The van der Waals surface area contributed by atoms with Crippen LogP contribution in [0.5, 0.6) is 5.75 Å². The topological polar surface area (TPSA) is 49.9 Å². The summed E-state index contributed by atoms with van der Waals surface area (Å²) in [7, 11) is -1.70. The highest BCUT2D eigenvalue weighted by Crippen LogP contribution is 2.26. The van der Waals surface area contributed by atoms with Gasteiger partial charge in [0.15, 0.2) is 0 Å². The van der Waals surface area contributed by atoms with Gasteiger partial charge in [0, 0.05) is 32.6 Å². The number of benzene rings is 2. The van der Waals surface area contributed by atoms with Crippen LogP contribution in [0.1, 0.15) is 18.1 Å². The van der Waals surface area contributed by atoms with Gasteiger partial charge in [0.2, 0.25) is 10.0 Å². The van der Waals surface area contributed by atoms with Crippen molar-refractivity contribution in [2.24, 2.45) is 11.8 Å². The normalized spacial score (nSPS) is 20.0. The van der Waals surface area contributed by atoms with Crippen molar-refractivity contribution in [1.29, 1.82) is 0 Å². The van der Waals surface area contributed by atoms with E-state index in [0.717, 1.165) is 31.8 Å². The third-order valence-corrected chi connectivity index (χ3v) is 7.01. The number of rotatable bonds is 8. The average molecular weight is 417 g/mol. The number of hydrogen-bond acceptors (Lipinski definition) is 4. The highest BCUT2D eigenvalue weighted by atomic mass is 32.2. The van der Waals surface area contributed by atoms with E-state index in [9.17, 15) is 8.42 Å². The van der Waals surface area contributed by atoms with Crippen LogP contribution < -0.4 is 9.04 Å². The largest absolute Gasteiger partial charge is 0.493 e. The van der Waals surface area contributed by atoms with E-state index < -0.39 is 10.0 Å². The Hall–Kier alpha value is -2.05. The molecule has 1 heterocycles. The van der Waals surface area contributed by atoms with Crippen molar-refractivity contribution in [3.8, 4) is 5.75 Å². The highest BCUT2D eigenvalue weighted by molar-refractivity contribution is 7.92. The first-order valence-electron chi connectivity index (χ1n) is 10.2. The minimum absolute atomic E-state index is 0.505. The molecule has 0 aromatic heterocycles. The van der Waals surface area contributed by atoms with Crippen LogP contribution in [0.3, 0.4) is 0 Å². The SMILES string of the molecule is Cc1cccc(CCN2C[C@H](COc3ccc(N(C)S(C)(=O)=O)cc3)[C@@H](C)C2)c1. The zero-order chi connectivity index (χ0) is 21.0. The molecule has 158 valence electrons. The van der Waals surface area contributed by atoms with Gasteiger partial charge in [-0.25, -0.2) is 8.42 Å². The molecular weight excluding hydrogens is 384 g/mol. The van der Waals surface area contributed by atoms with Crippen LogP contribution >= 0.6 is 0 Å². The molecule has 1 aliphatic rings. The van der Waals surface area contributed by atoms with E-state index in [0.29, 0.717) is 24.1 Å². The van der Waals surface area contributed by atoms with Gasteiger partial charge in [-0.15, -0.1) is 0 Å². The van der Waals surface area contributed by atoms with Crippen molar-refractivity contribution in [2.45, 2.75) is 20.3 Å². The first-order chi connectivity index (χ1) is 13.7. The fourth-order valence-corrected chi connectivity index (χ4v) is 4.35. The predicted octanol–water partition coefficient (Wildman–Crippen LogP) is 3.58. The summed E-state index contributed by atoms with van der Waals surface area (Å²) in [5.74, 6) is 1.88. The van der Waals surface area contributed by atoms with E-state index in [1.807, 2.05) is 12.1 Å². The summed E-state index contributed by atoms with van der Waals surface area (Å²) in [6.45, 7) is 8.37.